The van der Waals surface area contributed by atoms with Crippen LogP contribution in [0.3, 0.4) is 0 Å². The van der Waals surface area contributed by atoms with Crippen LogP contribution in [0, 0.1) is 13.8 Å². The van der Waals surface area contributed by atoms with Crippen molar-refractivity contribution in [1.29, 1.82) is 0 Å². The molecule has 1 rings (SSSR count). The Bertz CT molecular complexity index is 467. The fourth-order valence-corrected chi connectivity index (χ4v) is 3.38. The maximum Gasteiger partial charge on any atom is 0.192 e. The van der Waals surface area contributed by atoms with E-state index in [2.05, 4.69) is 79.8 Å². The van der Waals surface area contributed by atoms with Crippen molar-refractivity contribution < 1.29 is 4.43 Å². The third-order valence-corrected chi connectivity index (χ3v) is 9.19. The van der Waals surface area contributed by atoms with Crippen LogP contribution in [0.25, 0.3) is 0 Å². The zero-order valence-electron chi connectivity index (χ0n) is 14.8. The highest BCUT2D eigenvalue weighted by molar-refractivity contribution is 6.74. The molecule has 0 aromatic heterocycles. The minimum atomic E-state index is -1.68. The average molecular weight is 293 g/mol. The van der Waals surface area contributed by atoms with Gasteiger partial charge in [0.25, 0.3) is 0 Å². The van der Waals surface area contributed by atoms with Crippen molar-refractivity contribution in [3.63, 3.8) is 0 Å². The topological polar surface area (TPSA) is 9.23 Å². The van der Waals surface area contributed by atoms with Crippen LogP contribution in [0.4, 0.5) is 0 Å². The number of aryl methyl sites for hydroxylation is 2. The van der Waals surface area contributed by atoms with Gasteiger partial charge in [0, 0.05) is 12.0 Å². The molecule has 0 radical (unpaired) electrons. The molecule has 0 atom stereocenters. The molecular formula is C18H32OSi. The molecular weight excluding hydrogens is 260 g/mol. The van der Waals surface area contributed by atoms with Gasteiger partial charge in [-0.15, -0.1) is 0 Å². The van der Waals surface area contributed by atoms with E-state index in [1.165, 1.54) is 16.7 Å². The third-order valence-electron chi connectivity index (χ3n) is 4.71. The molecule has 114 valence electrons. The van der Waals surface area contributed by atoms with Gasteiger partial charge < -0.3 is 4.43 Å². The summed E-state index contributed by atoms with van der Waals surface area (Å²) in [5.41, 5.74) is 4.16. The van der Waals surface area contributed by atoms with Crippen LogP contribution in [0.2, 0.25) is 18.1 Å². The summed E-state index contributed by atoms with van der Waals surface area (Å²) in [6.45, 7) is 21.3. The van der Waals surface area contributed by atoms with Gasteiger partial charge in [-0.3, -0.25) is 0 Å². The van der Waals surface area contributed by atoms with E-state index >= 15 is 0 Å². The molecule has 1 nitrogen and oxygen atoms in total. The molecule has 0 unspecified atom stereocenters. The molecule has 0 fully saturated rings. The first-order valence-corrected chi connectivity index (χ1v) is 10.5. The Kier molecular flexibility index (Phi) is 4.93. The second-order valence-corrected chi connectivity index (χ2v) is 13.1. The second-order valence-electron chi connectivity index (χ2n) is 8.25. The van der Waals surface area contributed by atoms with E-state index in [0.717, 1.165) is 6.61 Å². The standard InChI is InChI=1S/C18H32OSi/c1-14-10-11-16(15(2)12-14)18(6,7)13-19-20(8,9)17(3,4)5/h10-12H,13H2,1-9H3. The van der Waals surface area contributed by atoms with Crippen LogP contribution >= 0.6 is 0 Å². The highest BCUT2D eigenvalue weighted by atomic mass is 28.4. The van der Waals surface area contributed by atoms with Crippen LogP contribution in [-0.4, -0.2) is 14.9 Å². The molecule has 1 aromatic rings. The van der Waals surface area contributed by atoms with E-state index in [-0.39, 0.29) is 10.5 Å². The van der Waals surface area contributed by atoms with Gasteiger partial charge >= 0.3 is 0 Å². The minimum absolute atomic E-state index is 0.0628. The van der Waals surface area contributed by atoms with E-state index in [1.54, 1.807) is 0 Å². The van der Waals surface area contributed by atoms with Gasteiger partial charge in [-0.1, -0.05) is 58.4 Å². The van der Waals surface area contributed by atoms with Gasteiger partial charge in [0.2, 0.25) is 0 Å². The molecule has 0 aliphatic heterocycles. The molecule has 0 N–H and O–H groups in total. The fourth-order valence-electron chi connectivity index (χ4n) is 2.23. The van der Waals surface area contributed by atoms with Gasteiger partial charge in [0.05, 0.1) is 0 Å². The maximum absolute atomic E-state index is 6.44. The molecule has 0 aliphatic carbocycles. The smallest absolute Gasteiger partial charge is 0.192 e. The SMILES string of the molecule is Cc1ccc(C(C)(C)CO[Si](C)(C)C(C)(C)C)c(C)c1. The summed E-state index contributed by atoms with van der Waals surface area (Å²) in [7, 11) is -1.68. The third kappa shape index (κ3) is 3.95. The van der Waals surface area contributed by atoms with Crippen molar-refractivity contribution in [3.8, 4) is 0 Å². The highest BCUT2D eigenvalue weighted by Gasteiger charge is 2.38. The molecule has 0 saturated carbocycles. The Balaban J connectivity index is 2.90. The Hall–Kier alpha value is -0.603. The maximum atomic E-state index is 6.44. The van der Waals surface area contributed by atoms with E-state index < -0.39 is 8.32 Å². The van der Waals surface area contributed by atoms with E-state index in [0.29, 0.717) is 0 Å². The first-order valence-electron chi connectivity index (χ1n) is 7.58. The normalized spacial score (nSPS) is 13.7. The molecule has 2 heteroatoms. The van der Waals surface area contributed by atoms with Gasteiger partial charge in [0.15, 0.2) is 8.32 Å². The number of rotatable bonds is 4. The van der Waals surface area contributed by atoms with Crippen LogP contribution in [0.1, 0.15) is 51.3 Å². The molecule has 0 bridgehead atoms. The summed E-state index contributed by atoms with van der Waals surface area (Å²) in [5.74, 6) is 0. The Morgan fingerprint density at radius 3 is 2.00 bits per heavy atom. The largest absolute Gasteiger partial charge is 0.416 e. The molecule has 0 amide bonds. The zero-order valence-corrected chi connectivity index (χ0v) is 15.8. The lowest BCUT2D eigenvalue weighted by molar-refractivity contribution is 0.219. The van der Waals surface area contributed by atoms with Crippen molar-refractivity contribution in [1.82, 2.24) is 0 Å². The van der Waals surface area contributed by atoms with E-state index in [1.807, 2.05) is 0 Å². The Morgan fingerprint density at radius 2 is 1.55 bits per heavy atom. The predicted molar refractivity (Wildman–Crippen MR) is 92.1 cm³/mol. The molecule has 0 aliphatic rings. The summed E-state index contributed by atoms with van der Waals surface area (Å²) in [6.07, 6.45) is 0. The van der Waals surface area contributed by atoms with Crippen molar-refractivity contribution in [3.05, 3.63) is 34.9 Å². The van der Waals surface area contributed by atoms with Crippen molar-refractivity contribution in [2.75, 3.05) is 6.61 Å². The van der Waals surface area contributed by atoms with E-state index in [4.69, 9.17) is 4.43 Å². The molecule has 0 spiro atoms. The Morgan fingerprint density at radius 1 is 1.00 bits per heavy atom. The number of benzene rings is 1. The fraction of sp³-hybridized carbons (Fsp3) is 0.667. The minimum Gasteiger partial charge on any atom is -0.416 e. The van der Waals surface area contributed by atoms with Crippen LogP contribution in [0.5, 0.6) is 0 Å². The zero-order chi connectivity index (χ0) is 15.8. The van der Waals surface area contributed by atoms with Gasteiger partial charge in [-0.05, 0) is 43.1 Å². The monoisotopic (exact) mass is 292 g/mol. The molecule has 1 aromatic carbocycles. The highest BCUT2D eigenvalue weighted by Crippen LogP contribution is 2.38. The van der Waals surface area contributed by atoms with Gasteiger partial charge in [0.1, 0.15) is 0 Å². The van der Waals surface area contributed by atoms with Crippen molar-refractivity contribution in [2.45, 2.75) is 72.0 Å². The van der Waals surface area contributed by atoms with Crippen LogP contribution < -0.4 is 0 Å². The first kappa shape index (κ1) is 17.4. The summed E-state index contributed by atoms with van der Waals surface area (Å²) in [6, 6.07) is 6.74. The lowest BCUT2D eigenvalue weighted by atomic mass is 9.82. The summed E-state index contributed by atoms with van der Waals surface area (Å²) in [4.78, 5) is 0. The van der Waals surface area contributed by atoms with Gasteiger partial charge in [-0.2, -0.15) is 0 Å². The van der Waals surface area contributed by atoms with Gasteiger partial charge in [-0.25, -0.2) is 0 Å². The van der Waals surface area contributed by atoms with Crippen molar-refractivity contribution >= 4 is 8.32 Å². The summed E-state index contributed by atoms with van der Waals surface area (Å²) < 4.78 is 6.44. The second kappa shape index (κ2) is 5.65. The lowest BCUT2D eigenvalue weighted by Crippen LogP contribution is -2.44. The molecule has 0 saturated heterocycles. The molecule has 0 heterocycles. The van der Waals surface area contributed by atoms with Crippen LogP contribution in [0.15, 0.2) is 18.2 Å². The summed E-state index contributed by atoms with van der Waals surface area (Å²) >= 11 is 0. The summed E-state index contributed by atoms with van der Waals surface area (Å²) in [5, 5.41) is 0.269. The quantitative estimate of drug-likeness (QED) is 0.656. The molecule has 20 heavy (non-hydrogen) atoms. The van der Waals surface area contributed by atoms with E-state index in [9.17, 15) is 0 Å². The number of hydrogen-bond acceptors (Lipinski definition) is 1. The number of hydrogen-bond donors (Lipinski definition) is 0. The Labute approximate surface area is 126 Å². The van der Waals surface area contributed by atoms with Crippen LogP contribution in [-0.2, 0) is 9.84 Å². The lowest BCUT2D eigenvalue weighted by Gasteiger charge is -2.39. The predicted octanol–water partition coefficient (Wildman–Crippen LogP) is 5.60. The first-order chi connectivity index (χ1) is 8.87. The average Bonchev–Trinajstić information content (AvgIpc) is 2.24. The van der Waals surface area contributed by atoms with Crippen molar-refractivity contribution in [2.24, 2.45) is 0 Å².